The highest BCUT2D eigenvalue weighted by Crippen LogP contribution is 2.19. The lowest BCUT2D eigenvalue weighted by atomic mass is 9.99. The second kappa shape index (κ2) is 4.87. The minimum absolute atomic E-state index is 0.201. The molecule has 90 valence electrons. The van der Waals surface area contributed by atoms with Gasteiger partial charge in [-0.05, 0) is 31.5 Å². The van der Waals surface area contributed by atoms with E-state index in [9.17, 15) is 0 Å². The van der Waals surface area contributed by atoms with E-state index in [-0.39, 0.29) is 5.54 Å². The average molecular weight is 229 g/mol. The van der Waals surface area contributed by atoms with Gasteiger partial charge in [-0.2, -0.15) is 5.26 Å². The molecule has 1 aliphatic heterocycles. The van der Waals surface area contributed by atoms with Gasteiger partial charge in [0.25, 0.3) is 0 Å². The summed E-state index contributed by atoms with van der Waals surface area (Å²) in [5.41, 5.74) is 2.21. The molecule has 17 heavy (non-hydrogen) atoms. The van der Waals surface area contributed by atoms with E-state index in [0.717, 1.165) is 31.7 Å². The first kappa shape index (κ1) is 12.1. The fourth-order valence-electron chi connectivity index (χ4n) is 2.22. The van der Waals surface area contributed by atoms with Crippen molar-refractivity contribution in [2.24, 2.45) is 0 Å². The first-order valence-electron chi connectivity index (χ1n) is 6.07. The molecule has 1 saturated heterocycles. The molecular weight excluding hydrogens is 210 g/mol. The fraction of sp³-hybridized carbons (Fsp3) is 0.500. The van der Waals surface area contributed by atoms with E-state index in [1.807, 2.05) is 12.1 Å². The maximum atomic E-state index is 8.76. The third-order valence-electron chi connectivity index (χ3n) is 3.43. The summed E-state index contributed by atoms with van der Waals surface area (Å²) in [6, 6.07) is 10.0. The maximum Gasteiger partial charge on any atom is 0.0991 e. The summed E-state index contributed by atoms with van der Waals surface area (Å²) >= 11 is 0. The molecule has 1 fully saturated rings. The Kier molecular flexibility index (Phi) is 3.46. The number of nitriles is 1. The number of hydrogen-bond acceptors (Lipinski definition) is 3. The van der Waals surface area contributed by atoms with Crippen LogP contribution < -0.4 is 5.32 Å². The van der Waals surface area contributed by atoms with Crippen molar-refractivity contribution in [1.82, 2.24) is 10.2 Å². The summed E-state index contributed by atoms with van der Waals surface area (Å²) < 4.78 is 0. The smallest absolute Gasteiger partial charge is 0.0991 e. The number of rotatable bonds is 2. The molecule has 1 aliphatic rings. The molecule has 0 bridgehead atoms. The van der Waals surface area contributed by atoms with E-state index in [1.165, 1.54) is 5.56 Å². The molecular formula is C14H19N3. The summed E-state index contributed by atoms with van der Waals surface area (Å²) in [4.78, 5) is 2.49. The summed E-state index contributed by atoms with van der Waals surface area (Å²) in [6.45, 7) is 8.65. The second-order valence-electron chi connectivity index (χ2n) is 5.22. The normalized spacial score (nSPS) is 19.8. The average Bonchev–Trinajstić information content (AvgIpc) is 2.33. The number of nitrogens with zero attached hydrogens (tertiary/aromatic N) is 2. The summed E-state index contributed by atoms with van der Waals surface area (Å²) in [7, 11) is 0. The third-order valence-corrected chi connectivity index (χ3v) is 3.43. The van der Waals surface area contributed by atoms with Gasteiger partial charge in [-0.25, -0.2) is 0 Å². The van der Waals surface area contributed by atoms with Gasteiger partial charge in [0.15, 0.2) is 0 Å². The fourth-order valence-corrected chi connectivity index (χ4v) is 2.22. The molecule has 1 heterocycles. The van der Waals surface area contributed by atoms with E-state index in [2.05, 4.69) is 42.3 Å². The van der Waals surface area contributed by atoms with Gasteiger partial charge in [-0.1, -0.05) is 12.1 Å². The van der Waals surface area contributed by atoms with Gasteiger partial charge in [0.05, 0.1) is 11.6 Å². The first-order chi connectivity index (χ1) is 8.12. The van der Waals surface area contributed by atoms with Gasteiger partial charge in [-0.3, -0.25) is 4.90 Å². The van der Waals surface area contributed by atoms with Crippen LogP contribution in [-0.2, 0) is 6.54 Å². The minimum atomic E-state index is 0.201. The maximum absolute atomic E-state index is 8.76. The van der Waals surface area contributed by atoms with Crippen LogP contribution in [0.1, 0.15) is 25.0 Å². The SMILES string of the molecule is CC1(C)CNCCN1Cc1ccc(C#N)cc1. The highest BCUT2D eigenvalue weighted by atomic mass is 15.2. The van der Waals surface area contributed by atoms with Crippen LogP contribution in [0.2, 0.25) is 0 Å². The Labute approximate surface area is 103 Å². The van der Waals surface area contributed by atoms with E-state index < -0.39 is 0 Å². The Bertz CT molecular complexity index is 414. The topological polar surface area (TPSA) is 39.1 Å². The Hall–Kier alpha value is -1.37. The van der Waals surface area contributed by atoms with E-state index >= 15 is 0 Å². The number of piperazine rings is 1. The van der Waals surface area contributed by atoms with E-state index in [4.69, 9.17) is 5.26 Å². The highest BCUT2D eigenvalue weighted by Gasteiger charge is 2.29. The zero-order chi connectivity index (χ0) is 12.3. The van der Waals surface area contributed by atoms with Crippen LogP contribution >= 0.6 is 0 Å². The van der Waals surface area contributed by atoms with Crippen molar-refractivity contribution in [2.45, 2.75) is 25.9 Å². The van der Waals surface area contributed by atoms with Gasteiger partial charge < -0.3 is 5.32 Å². The Morgan fingerprint density at radius 2 is 2.06 bits per heavy atom. The molecule has 2 rings (SSSR count). The predicted octanol–water partition coefficient (Wildman–Crippen LogP) is 1.74. The molecule has 0 unspecified atom stereocenters. The molecule has 1 N–H and O–H groups in total. The Morgan fingerprint density at radius 3 is 2.65 bits per heavy atom. The lowest BCUT2D eigenvalue weighted by Gasteiger charge is -2.42. The van der Waals surface area contributed by atoms with Gasteiger partial charge in [0, 0.05) is 31.7 Å². The molecule has 0 saturated carbocycles. The van der Waals surface area contributed by atoms with Crippen molar-refractivity contribution in [1.29, 1.82) is 5.26 Å². The van der Waals surface area contributed by atoms with Crippen molar-refractivity contribution in [3.05, 3.63) is 35.4 Å². The zero-order valence-electron chi connectivity index (χ0n) is 10.5. The summed E-state index contributed by atoms with van der Waals surface area (Å²) in [5, 5.41) is 12.2. The minimum Gasteiger partial charge on any atom is -0.314 e. The quantitative estimate of drug-likeness (QED) is 0.839. The molecule has 0 amide bonds. The van der Waals surface area contributed by atoms with Crippen molar-refractivity contribution < 1.29 is 0 Å². The molecule has 3 nitrogen and oxygen atoms in total. The largest absolute Gasteiger partial charge is 0.314 e. The number of benzene rings is 1. The molecule has 0 aromatic heterocycles. The zero-order valence-corrected chi connectivity index (χ0v) is 10.5. The molecule has 1 aromatic rings. The monoisotopic (exact) mass is 229 g/mol. The van der Waals surface area contributed by atoms with Crippen molar-refractivity contribution in [3.8, 4) is 6.07 Å². The van der Waals surface area contributed by atoms with Crippen LogP contribution in [0.4, 0.5) is 0 Å². The van der Waals surface area contributed by atoms with Crippen molar-refractivity contribution >= 4 is 0 Å². The summed E-state index contributed by atoms with van der Waals surface area (Å²) in [6.07, 6.45) is 0. The van der Waals surface area contributed by atoms with Gasteiger partial charge in [-0.15, -0.1) is 0 Å². The van der Waals surface area contributed by atoms with E-state index in [0.29, 0.717) is 0 Å². The van der Waals surface area contributed by atoms with Gasteiger partial charge in [0.1, 0.15) is 0 Å². The highest BCUT2D eigenvalue weighted by molar-refractivity contribution is 5.31. The van der Waals surface area contributed by atoms with Crippen molar-refractivity contribution in [2.75, 3.05) is 19.6 Å². The number of nitrogens with one attached hydrogen (secondary N) is 1. The van der Waals surface area contributed by atoms with Gasteiger partial charge >= 0.3 is 0 Å². The van der Waals surface area contributed by atoms with Crippen LogP contribution in [0, 0.1) is 11.3 Å². The second-order valence-corrected chi connectivity index (χ2v) is 5.22. The molecule has 3 heteroatoms. The molecule has 0 spiro atoms. The standard InChI is InChI=1S/C14H19N3/c1-14(2)11-16-7-8-17(14)10-13-5-3-12(9-15)4-6-13/h3-6,16H,7-8,10-11H2,1-2H3. The van der Waals surface area contributed by atoms with Crippen LogP contribution in [-0.4, -0.2) is 30.1 Å². The number of hydrogen-bond donors (Lipinski definition) is 1. The Balaban J connectivity index is 2.06. The lowest BCUT2D eigenvalue weighted by molar-refractivity contribution is 0.0827. The molecule has 0 atom stereocenters. The van der Waals surface area contributed by atoms with Crippen molar-refractivity contribution in [3.63, 3.8) is 0 Å². The van der Waals surface area contributed by atoms with Crippen LogP contribution in [0.5, 0.6) is 0 Å². The molecule has 0 radical (unpaired) electrons. The molecule has 0 aliphatic carbocycles. The summed E-state index contributed by atoms with van der Waals surface area (Å²) in [5.74, 6) is 0. The molecule has 1 aromatic carbocycles. The van der Waals surface area contributed by atoms with Gasteiger partial charge in [0.2, 0.25) is 0 Å². The van der Waals surface area contributed by atoms with Crippen LogP contribution in [0.15, 0.2) is 24.3 Å². The van der Waals surface area contributed by atoms with Crippen LogP contribution in [0.3, 0.4) is 0 Å². The third kappa shape index (κ3) is 2.85. The Morgan fingerprint density at radius 1 is 1.35 bits per heavy atom. The predicted molar refractivity (Wildman–Crippen MR) is 68.5 cm³/mol. The lowest BCUT2D eigenvalue weighted by Crippen LogP contribution is -2.57. The van der Waals surface area contributed by atoms with E-state index in [1.54, 1.807) is 0 Å². The van der Waals surface area contributed by atoms with Crippen LogP contribution in [0.25, 0.3) is 0 Å². The first-order valence-corrected chi connectivity index (χ1v) is 6.07.